The van der Waals surface area contributed by atoms with Crippen LogP contribution in [-0.4, -0.2) is 26.5 Å². The molecule has 0 unspecified atom stereocenters. The molecule has 182 valence electrons. The Hall–Kier alpha value is -3.32. The topological polar surface area (TPSA) is 53.1 Å². The van der Waals surface area contributed by atoms with Crippen LogP contribution in [0.3, 0.4) is 0 Å². The SMILES string of the molecule is CSCCc1nccn1CCCCc1ccc(OCc2coc(C=Cc3ccc(F)cc3)n2)cc1. The van der Waals surface area contributed by atoms with Crippen molar-refractivity contribution in [3.05, 3.63) is 102 Å². The van der Waals surface area contributed by atoms with Gasteiger partial charge in [0.05, 0.1) is 0 Å². The number of imidazole rings is 1. The lowest BCUT2D eigenvalue weighted by atomic mass is 10.1. The second-order valence-corrected chi connectivity index (χ2v) is 9.22. The van der Waals surface area contributed by atoms with Gasteiger partial charge in [0.1, 0.15) is 36.0 Å². The number of hydrogen-bond donors (Lipinski definition) is 0. The minimum atomic E-state index is -0.257. The van der Waals surface area contributed by atoms with E-state index in [1.807, 2.05) is 36.2 Å². The molecule has 0 N–H and O–H groups in total. The molecule has 0 radical (unpaired) electrons. The number of rotatable bonds is 13. The lowest BCUT2D eigenvalue weighted by Crippen LogP contribution is -2.05. The number of hydrogen-bond acceptors (Lipinski definition) is 5. The predicted molar refractivity (Wildman–Crippen MR) is 140 cm³/mol. The monoisotopic (exact) mass is 491 g/mol. The first-order valence-corrected chi connectivity index (χ1v) is 13.2. The number of aryl methyl sites for hydroxylation is 3. The Balaban J connectivity index is 1.18. The average molecular weight is 492 g/mol. The van der Waals surface area contributed by atoms with E-state index in [0.717, 1.165) is 49.3 Å². The molecule has 2 heterocycles. The quantitative estimate of drug-likeness (QED) is 0.195. The van der Waals surface area contributed by atoms with Crippen LogP contribution < -0.4 is 4.74 Å². The molecule has 0 aliphatic heterocycles. The van der Waals surface area contributed by atoms with Crippen molar-refractivity contribution >= 4 is 23.9 Å². The van der Waals surface area contributed by atoms with Crippen LogP contribution in [0.15, 0.2) is 71.6 Å². The molecule has 0 saturated heterocycles. The molecule has 2 aromatic heterocycles. The number of unbranched alkanes of at least 4 members (excludes halogenated alkanes) is 1. The normalized spacial score (nSPS) is 11.4. The molecule has 5 nitrogen and oxygen atoms in total. The molecule has 4 aromatic rings. The Bertz CT molecular complexity index is 1200. The number of oxazole rings is 1. The predicted octanol–water partition coefficient (Wildman–Crippen LogP) is 6.69. The Morgan fingerprint density at radius 1 is 1.03 bits per heavy atom. The van der Waals surface area contributed by atoms with Crippen molar-refractivity contribution in [2.75, 3.05) is 12.0 Å². The standard InChI is InChI=1S/C28H30FN3O2S/c1-35-19-15-27-30-16-18-32(27)17-3-2-4-22-7-12-26(13-8-22)33-20-25-21-34-28(31-25)14-9-23-5-10-24(29)11-6-23/h5-14,16,18,21H,2-4,15,17,19-20H2,1H3. The van der Waals surface area contributed by atoms with Crippen molar-refractivity contribution in [1.82, 2.24) is 14.5 Å². The summed E-state index contributed by atoms with van der Waals surface area (Å²) in [5.41, 5.74) is 2.89. The number of aromatic nitrogens is 3. The van der Waals surface area contributed by atoms with Gasteiger partial charge in [0.2, 0.25) is 5.89 Å². The molecule has 0 aliphatic carbocycles. The fourth-order valence-electron chi connectivity index (χ4n) is 3.69. The lowest BCUT2D eigenvalue weighted by Gasteiger charge is -2.08. The van der Waals surface area contributed by atoms with Crippen molar-refractivity contribution in [2.24, 2.45) is 0 Å². The van der Waals surface area contributed by atoms with E-state index in [-0.39, 0.29) is 5.82 Å². The average Bonchev–Trinajstić information content (AvgIpc) is 3.53. The highest BCUT2D eigenvalue weighted by Crippen LogP contribution is 2.17. The summed E-state index contributed by atoms with van der Waals surface area (Å²) in [7, 11) is 0. The zero-order valence-corrected chi connectivity index (χ0v) is 20.7. The number of nitrogens with zero attached hydrogens (tertiary/aromatic N) is 3. The van der Waals surface area contributed by atoms with Crippen LogP contribution in [0, 0.1) is 5.82 Å². The molecule has 0 spiro atoms. The lowest BCUT2D eigenvalue weighted by molar-refractivity contribution is 0.301. The summed E-state index contributed by atoms with van der Waals surface area (Å²) in [4.78, 5) is 8.88. The minimum absolute atomic E-state index is 0.257. The van der Waals surface area contributed by atoms with Crippen molar-refractivity contribution < 1.29 is 13.5 Å². The fraction of sp³-hybridized carbons (Fsp3) is 0.286. The van der Waals surface area contributed by atoms with Crippen LogP contribution in [0.1, 0.15) is 41.4 Å². The molecule has 0 atom stereocenters. The van der Waals surface area contributed by atoms with Gasteiger partial charge in [0, 0.05) is 37.2 Å². The smallest absolute Gasteiger partial charge is 0.218 e. The molecular formula is C28H30FN3O2S. The first kappa shape index (κ1) is 24.8. The maximum Gasteiger partial charge on any atom is 0.218 e. The maximum atomic E-state index is 13.0. The number of ether oxygens (including phenoxy) is 1. The third-order valence-corrected chi connectivity index (χ3v) is 6.23. The molecule has 0 fully saturated rings. The highest BCUT2D eigenvalue weighted by Gasteiger charge is 2.05. The van der Waals surface area contributed by atoms with Crippen molar-refractivity contribution in [1.29, 1.82) is 0 Å². The van der Waals surface area contributed by atoms with Crippen LogP contribution in [0.5, 0.6) is 5.75 Å². The zero-order chi connectivity index (χ0) is 24.3. The highest BCUT2D eigenvalue weighted by atomic mass is 32.2. The summed E-state index contributed by atoms with van der Waals surface area (Å²) < 4.78 is 26.6. The van der Waals surface area contributed by atoms with E-state index in [9.17, 15) is 4.39 Å². The van der Waals surface area contributed by atoms with Crippen LogP contribution in [-0.2, 0) is 26.0 Å². The largest absolute Gasteiger partial charge is 0.487 e. The summed E-state index contributed by atoms with van der Waals surface area (Å²) in [6, 6.07) is 14.5. The van der Waals surface area contributed by atoms with Gasteiger partial charge < -0.3 is 13.7 Å². The van der Waals surface area contributed by atoms with Gasteiger partial charge in [-0.05, 0) is 67.0 Å². The summed E-state index contributed by atoms with van der Waals surface area (Å²) in [6.07, 6.45) is 15.6. The van der Waals surface area contributed by atoms with E-state index < -0.39 is 0 Å². The zero-order valence-electron chi connectivity index (χ0n) is 19.9. The minimum Gasteiger partial charge on any atom is -0.487 e. The van der Waals surface area contributed by atoms with E-state index >= 15 is 0 Å². The van der Waals surface area contributed by atoms with E-state index in [2.05, 4.69) is 39.1 Å². The van der Waals surface area contributed by atoms with E-state index in [4.69, 9.17) is 9.15 Å². The van der Waals surface area contributed by atoms with Crippen LogP contribution >= 0.6 is 11.8 Å². The third kappa shape index (κ3) is 7.86. The molecular weight excluding hydrogens is 461 g/mol. The maximum absolute atomic E-state index is 13.0. The van der Waals surface area contributed by atoms with Gasteiger partial charge in [-0.25, -0.2) is 14.4 Å². The van der Waals surface area contributed by atoms with Crippen molar-refractivity contribution in [3.63, 3.8) is 0 Å². The van der Waals surface area contributed by atoms with Crippen molar-refractivity contribution in [2.45, 2.75) is 38.8 Å². The van der Waals surface area contributed by atoms with Gasteiger partial charge in [-0.15, -0.1) is 0 Å². The third-order valence-electron chi connectivity index (χ3n) is 5.61. The van der Waals surface area contributed by atoms with Crippen LogP contribution in [0.2, 0.25) is 0 Å². The first-order chi connectivity index (χ1) is 17.2. The Morgan fingerprint density at radius 3 is 2.66 bits per heavy atom. The van der Waals surface area contributed by atoms with Crippen molar-refractivity contribution in [3.8, 4) is 5.75 Å². The number of halogens is 1. The Labute approximate surface area is 210 Å². The first-order valence-electron chi connectivity index (χ1n) is 11.8. The van der Waals surface area contributed by atoms with E-state index in [1.165, 1.54) is 23.5 Å². The summed E-state index contributed by atoms with van der Waals surface area (Å²) >= 11 is 1.86. The number of thioether (sulfide) groups is 1. The Kier molecular flexibility index (Phi) is 9.17. The molecule has 7 heteroatoms. The van der Waals surface area contributed by atoms with Crippen LogP contribution in [0.4, 0.5) is 4.39 Å². The molecule has 35 heavy (non-hydrogen) atoms. The second-order valence-electron chi connectivity index (χ2n) is 8.23. The molecule has 0 saturated carbocycles. The molecule has 2 aromatic carbocycles. The molecule has 0 amide bonds. The van der Waals surface area contributed by atoms with Gasteiger partial charge >= 0.3 is 0 Å². The van der Waals surface area contributed by atoms with Gasteiger partial charge in [0.25, 0.3) is 0 Å². The van der Waals surface area contributed by atoms with Crippen LogP contribution in [0.25, 0.3) is 12.2 Å². The van der Waals surface area contributed by atoms with Gasteiger partial charge in [-0.2, -0.15) is 11.8 Å². The van der Waals surface area contributed by atoms with E-state index in [1.54, 1.807) is 24.5 Å². The molecule has 0 bridgehead atoms. The van der Waals surface area contributed by atoms with E-state index in [0.29, 0.717) is 18.2 Å². The second kappa shape index (κ2) is 13.0. The Morgan fingerprint density at radius 2 is 1.86 bits per heavy atom. The van der Waals surface area contributed by atoms with Gasteiger partial charge in [-0.1, -0.05) is 24.3 Å². The molecule has 0 aliphatic rings. The summed E-state index contributed by atoms with van der Waals surface area (Å²) in [5, 5.41) is 0. The summed E-state index contributed by atoms with van der Waals surface area (Å²) in [5.74, 6) is 3.32. The highest BCUT2D eigenvalue weighted by molar-refractivity contribution is 7.98. The summed E-state index contributed by atoms with van der Waals surface area (Å²) in [6.45, 7) is 1.35. The molecule has 4 rings (SSSR count). The number of benzene rings is 2. The van der Waals surface area contributed by atoms with Gasteiger partial charge in [-0.3, -0.25) is 0 Å². The fourth-order valence-corrected chi connectivity index (χ4v) is 4.08. The van der Waals surface area contributed by atoms with Gasteiger partial charge in [0.15, 0.2) is 0 Å².